The predicted octanol–water partition coefficient (Wildman–Crippen LogP) is 0.871. The molecule has 1 aliphatic carbocycles. The minimum Gasteiger partial charge on any atom is -0.345 e. The van der Waals surface area contributed by atoms with Crippen LogP contribution in [0.5, 0.6) is 0 Å². The molecule has 1 saturated carbocycles. The molecule has 0 saturated heterocycles. The number of sulfone groups is 1. The van der Waals surface area contributed by atoms with E-state index in [9.17, 15) is 13.2 Å². The van der Waals surface area contributed by atoms with Crippen LogP contribution in [0, 0.1) is 6.92 Å². The van der Waals surface area contributed by atoms with Crippen molar-refractivity contribution in [2.75, 3.05) is 6.26 Å². The Hall–Kier alpha value is -1.50. The SMILES string of the molecule is Cc1ccnc(C(=O)N[C@@H]2CCCC[C@H]2S(C)(=O)=O)n1. The minimum absolute atomic E-state index is 0.0859. The molecule has 0 radical (unpaired) electrons. The summed E-state index contributed by atoms with van der Waals surface area (Å²) in [7, 11) is -3.17. The van der Waals surface area contributed by atoms with Crippen LogP contribution in [0.4, 0.5) is 0 Å². The van der Waals surface area contributed by atoms with Gasteiger partial charge in [0.1, 0.15) is 0 Å². The van der Waals surface area contributed by atoms with Crippen LogP contribution in [0.1, 0.15) is 42.0 Å². The summed E-state index contributed by atoms with van der Waals surface area (Å²) >= 11 is 0. The number of hydrogen-bond acceptors (Lipinski definition) is 5. The van der Waals surface area contributed by atoms with Gasteiger partial charge >= 0.3 is 0 Å². The van der Waals surface area contributed by atoms with Gasteiger partial charge in [-0.25, -0.2) is 18.4 Å². The summed E-state index contributed by atoms with van der Waals surface area (Å²) in [5, 5.41) is 2.27. The van der Waals surface area contributed by atoms with Crippen molar-refractivity contribution in [1.82, 2.24) is 15.3 Å². The first-order chi connectivity index (χ1) is 9.38. The fourth-order valence-electron chi connectivity index (χ4n) is 2.57. The number of aryl methyl sites for hydroxylation is 1. The lowest BCUT2D eigenvalue weighted by Crippen LogP contribution is -2.48. The quantitative estimate of drug-likeness (QED) is 0.894. The summed E-state index contributed by atoms with van der Waals surface area (Å²) in [4.78, 5) is 20.1. The van der Waals surface area contributed by atoms with Gasteiger partial charge in [-0.05, 0) is 25.8 Å². The van der Waals surface area contributed by atoms with Gasteiger partial charge in [0.25, 0.3) is 5.91 Å². The molecule has 2 rings (SSSR count). The average Bonchev–Trinajstić information content (AvgIpc) is 2.38. The summed E-state index contributed by atoms with van der Waals surface area (Å²) < 4.78 is 23.6. The third kappa shape index (κ3) is 3.53. The molecular weight excluding hydrogens is 278 g/mol. The molecule has 0 spiro atoms. The maximum Gasteiger partial charge on any atom is 0.289 e. The molecule has 1 fully saturated rings. The second kappa shape index (κ2) is 5.87. The van der Waals surface area contributed by atoms with Crippen LogP contribution in [0.25, 0.3) is 0 Å². The van der Waals surface area contributed by atoms with E-state index in [2.05, 4.69) is 15.3 Å². The normalized spacial score (nSPS) is 23.3. The van der Waals surface area contributed by atoms with E-state index in [1.807, 2.05) is 0 Å². The van der Waals surface area contributed by atoms with Crippen LogP contribution in [-0.2, 0) is 9.84 Å². The van der Waals surface area contributed by atoms with E-state index in [1.54, 1.807) is 13.0 Å². The Morgan fingerprint density at radius 2 is 2.05 bits per heavy atom. The van der Waals surface area contributed by atoms with Gasteiger partial charge in [-0.3, -0.25) is 4.79 Å². The summed E-state index contributed by atoms with van der Waals surface area (Å²) in [6.45, 7) is 1.78. The van der Waals surface area contributed by atoms with Crippen LogP contribution < -0.4 is 5.32 Å². The Balaban J connectivity index is 2.13. The number of carbonyl (C=O) groups is 1. The van der Waals surface area contributed by atoms with Crippen molar-refractivity contribution in [3.63, 3.8) is 0 Å². The third-order valence-electron chi connectivity index (χ3n) is 3.57. The van der Waals surface area contributed by atoms with Crippen molar-refractivity contribution < 1.29 is 13.2 Å². The molecule has 1 N–H and O–H groups in total. The number of rotatable bonds is 3. The maximum atomic E-state index is 12.1. The summed E-state index contributed by atoms with van der Waals surface area (Å²) in [5.74, 6) is -0.322. The van der Waals surface area contributed by atoms with Crippen LogP contribution in [0.15, 0.2) is 12.3 Å². The van der Waals surface area contributed by atoms with E-state index in [1.165, 1.54) is 12.5 Å². The minimum atomic E-state index is -3.17. The van der Waals surface area contributed by atoms with Gasteiger partial charge in [0.05, 0.1) is 5.25 Å². The van der Waals surface area contributed by atoms with Crippen LogP contribution in [0.2, 0.25) is 0 Å². The molecule has 1 aliphatic rings. The summed E-state index contributed by atoms with van der Waals surface area (Å²) in [6.07, 6.45) is 5.82. The van der Waals surface area contributed by atoms with Crippen molar-refractivity contribution in [2.24, 2.45) is 0 Å². The van der Waals surface area contributed by atoms with Crippen molar-refractivity contribution in [1.29, 1.82) is 0 Å². The molecule has 110 valence electrons. The topological polar surface area (TPSA) is 89.0 Å². The highest BCUT2D eigenvalue weighted by molar-refractivity contribution is 7.91. The van der Waals surface area contributed by atoms with Crippen molar-refractivity contribution in [3.05, 3.63) is 23.8 Å². The zero-order valence-corrected chi connectivity index (χ0v) is 12.5. The predicted molar refractivity (Wildman–Crippen MR) is 75.1 cm³/mol. The summed E-state index contributed by atoms with van der Waals surface area (Å²) in [5.41, 5.74) is 0.702. The first-order valence-electron chi connectivity index (χ1n) is 6.67. The van der Waals surface area contributed by atoms with Gasteiger partial charge in [-0.15, -0.1) is 0 Å². The lowest BCUT2D eigenvalue weighted by Gasteiger charge is -2.30. The Morgan fingerprint density at radius 3 is 2.70 bits per heavy atom. The smallest absolute Gasteiger partial charge is 0.289 e. The van der Waals surface area contributed by atoms with Gasteiger partial charge in [0.2, 0.25) is 5.82 Å². The number of aromatic nitrogens is 2. The van der Waals surface area contributed by atoms with E-state index >= 15 is 0 Å². The first-order valence-corrected chi connectivity index (χ1v) is 8.63. The van der Waals surface area contributed by atoms with Crippen LogP contribution in [0.3, 0.4) is 0 Å². The lowest BCUT2D eigenvalue weighted by atomic mass is 9.95. The van der Waals surface area contributed by atoms with Crippen molar-refractivity contribution in [3.8, 4) is 0 Å². The molecule has 2 atom stereocenters. The van der Waals surface area contributed by atoms with E-state index in [-0.39, 0.29) is 11.9 Å². The van der Waals surface area contributed by atoms with Crippen molar-refractivity contribution in [2.45, 2.75) is 43.9 Å². The summed E-state index contributed by atoms with van der Waals surface area (Å²) in [6, 6.07) is 1.35. The van der Waals surface area contributed by atoms with Gasteiger partial charge < -0.3 is 5.32 Å². The highest BCUT2D eigenvalue weighted by atomic mass is 32.2. The molecule has 1 amide bonds. The number of carbonyl (C=O) groups excluding carboxylic acids is 1. The van der Waals surface area contributed by atoms with E-state index in [0.29, 0.717) is 18.5 Å². The highest BCUT2D eigenvalue weighted by Gasteiger charge is 2.34. The monoisotopic (exact) mass is 297 g/mol. The number of nitrogens with zero attached hydrogens (tertiary/aromatic N) is 2. The molecule has 0 unspecified atom stereocenters. The van der Waals surface area contributed by atoms with Crippen LogP contribution >= 0.6 is 0 Å². The lowest BCUT2D eigenvalue weighted by molar-refractivity contribution is 0.0918. The molecule has 0 bridgehead atoms. The Labute approximate surface area is 118 Å². The van der Waals surface area contributed by atoms with Gasteiger partial charge in [0.15, 0.2) is 9.84 Å². The zero-order chi connectivity index (χ0) is 14.8. The molecule has 7 heteroatoms. The average molecular weight is 297 g/mol. The zero-order valence-electron chi connectivity index (χ0n) is 11.7. The number of hydrogen-bond donors (Lipinski definition) is 1. The molecule has 1 aromatic heterocycles. The molecule has 1 aromatic rings. The maximum absolute atomic E-state index is 12.1. The second-order valence-corrected chi connectivity index (χ2v) is 7.52. The Morgan fingerprint density at radius 1 is 1.35 bits per heavy atom. The van der Waals surface area contributed by atoms with Crippen LogP contribution in [-0.4, -0.2) is 41.8 Å². The second-order valence-electron chi connectivity index (χ2n) is 5.25. The first kappa shape index (κ1) is 14.9. The van der Waals surface area contributed by atoms with Gasteiger partial charge in [-0.2, -0.15) is 0 Å². The Bertz CT molecular complexity index is 601. The number of nitrogens with one attached hydrogen (secondary N) is 1. The van der Waals surface area contributed by atoms with E-state index in [4.69, 9.17) is 0 Å². The highest BCUT2D eigenvalue weighted by Crippen LogP contribution is 2.24. The molecule has 1 heterocycles. The standard InChI is InChI=1S/C13H19N3O3S/c1-9-7-8-14-12(15-9)13(17)16-10-5-3-4-6-11(10)20(2,18)19/h7-8,10-11H,3-6H2,1-2H3,(H,16,17)/t10-,11-/m1/s1. The molecule has 0 aromatic carbocycles. The van der Waals surface area contributed by atoms with Gasteiger partial charge in [-0.1, -0.05) is 12.8 Å². The third-order valence-corrected chi connectivity index (χ3v) is 5.23. The molecule has 6 nitrogen and oxygen atoms in total. The molecular formula is C13H19N3O3S. The fourth-order valence-corrected chi connectivity index (χ4v) is 3.96. The molecule has 20 heavy (non-hydrogen) atoms. The Kier molecular flexibility index (Phi) is 4.37. The van der Waals surface area contributed by atoms with E-state index < -0.39 is 21.0 Å². The van der Waals surface area contributed by atoms with Gasteiger partial charge in [0, 0.05) is 24.2 Å². The van der Waals surface area contributed by atoms with E-state index in [0.717, 1.165) is 12.8 Å². The molecule has 0 aliphatic heterocycles. The van der Waals surface area contributed by atoms with Crippen molar-refractivity contribution >= 4 is 15.7 Å². The fraction of sp³-hybridized carbons (Fsp3) is 0.615. The largest absolute Gasteiger partial charge is 0.345 e. The number of amides is 1.